The van der Waals surface area contributed by atoms with Gasteiger partial charge in [-0.05, 0) is 76.3 Å². The summed E-state index contributed by atoms with van der Waals surface area (Å²) < 4.78 is 11.6. The summed E-state index contributed by atoms with van der Waals surface area (Å²) in [7, 11) is 0. The van der Waals surface area contributed by atoms with E-state index in [1.54, 1.807) is 11.3 Å². The second-order valence-electron chi connectivity index (χ2n) is 17.9. The first kappa shape index (κ1) is 37.2. The van der Waals surface area contributed by atoms with E-state index in [0.717, 1.165) is 66.3 Å². The predicted molar refractivity (Wildman–Crippen MR) is 274 cm³/mol. The molecule has 310 valence electrons. The second kappa shape index (κ2) is 13.9. The van der Waals surface area contributed by atoms with Crippen LogP contribution >= 0.6 is 11.3 Å². The van der Waals surface area contributed by atoms with Gasteiger partial charge in [-0.2, -0.15) is 0 Å². The highest BCUT2D eigenvalue weighted by Crippen LogP contribution is 2.53. The lowest BCUT2D eigenvalue weighted by Crippen LogP contribution is -2.15. The van der Waals surface area contributed by atoms with Crippen LogP contribution in [0.4, 0.5) is 0 Å². The Bertz CT molecular complexity index is 4160. The molecule has 1 aliphatic rings. The Morgan fingerprint density at radius 2 is 1.11 bits per heavy atom. The molecular formula is C60H38N4OS. The Labute approximate surface area is 383 Å². The number of rotatable bonds is 5. The van der Waals surface area contributed by atoms with Gasteiger partial charge in [-0.1, -0.05) is 159 Å². The molecule has 0 atom stereocenters. The van der Waals surface area contributed by atoms with Crippen molar-refractivity contribution in [1.29, 1.82) is 0 Å². The van der Waals surface area contributed by atoms with Crippen LogP contribution in [-0.2, 0) is 5.41 Å². The van der Waals surface area contributed by atoms with Crippen molar-refractivity contribution >= 4 is 75.3 Å². The quantitative estimate of drug-likeness (QED) is 0.173. The van der Waals surface area contributed by atoms with Crippen LogP contribution < -0.4 is 0 Å². The summed E-state index contributed by atoms with van der Waals surface area (Å²) in [5.41, 5.74) is 15.2. The molecule has 0 spiro atoms. The van der Waals surface area contributed by atoms with Gasteiger partial charge >= 0.3 is 0 Å². The molecule has 0 bridgehead atoms. The van der Waals surface area contributed by atoms with Crippen LogP contribution in [-0.4, -0.2) is 19.5 Å². The van der Waals surface area contributed by atoms with E-state index in [4.69, 9.17) is 19.4 Å². The Morgan fingerprint density at radius 1 is 0.439 bits per heavy atom. The van der Waals surface area contributed by atoms with E-state index in [1.165, 1.54) is 53.3 Å². The van der Waals surface area contributed by atoms with Crippen molar-refractivity contribution in [3.63, 3.8) is 0 Å². The van der Waals surface area contributed by atoms with Gasteiger partial charge in [-0.25, -0.2) is 15.0 Å². The third-order valence-electron chi connectivity index (χ3n) is 13.8. The molecule has 0 saturated heterocycles. The zero-order chi connectivity index (χ0) is 43.7. The summed E-state index contributed by atoms with van der Waals surface area (Å²) >= 11 is 1.79. The van der Waals surface area contributed by atoms with Crippen LogP contribution in [0, 0.1) is 0 Å². The Kier molecular flexibility index (Phi) is 7.84. The van der Waals surface area contributed by atoms with Gasteiger partial charge in [0.25, 0.3) is 0 Å². The maximum atomic E-state index is 6.74. The van der Waals surface area contributed by atoms with Crippen molar-refractivity contribution in [2.45, 2.75) is 19.3 Å². The molecule has 13 aromatic rings. The van der Waals surface area contributed by atoms with Crippen LogP contribution in [0.5, 0.6) is 0 Å². The predicted octanol–water partition coefficient (Wildman–Crippen LogP) is 16.2. The zero-order valence-corrected chi connectivity index (χ0v) is 36.9. The van der Waals surface area contributed by atoms with Gasteiger partial charge in [-0.3, -0.25) is 0 Å². The number of fused-ring (bicyclic) bond motifs is 13. The summed E-state index contributed by atoms with van der Waals surface area (Å²) in [6.07, 6.45) is 0. The average molecular weight is 863 g/mol. The number of thiophene rings is 1. The van der Waals surface area contributed by atoms with Crippen LogP contribution in [0.1, 0.15) is 25.0 Å². The van der Waals surface area contributed by atoms with Gasteiger partial charge in [0.2, 0.25) is 0 Å². The molecule has 4 aromatic heterocycles. The third-order valence-corrected chi connectivity index (χ3v) is 15.0. The van der Waals surface area contributed by atoms with E-state index >= 15 is 0 Å². The molecule has 0 unspecified atom stereocenters. The van der Waals surface area contributed by atoms with Gasteiger partial charge < -0.3 is 8.98 Å². The van der Waals surface area contributed by atoms with E-state index in [0.29, 0.717) is 17.5 Å². The van der Waals surface area contributed by atoms with Crippen molar-refractivity contribution in [1.82, 2.24) is 19.5 Å². The molecule has 66 heavy (non-hydrogen) atoms. The molecule has 14 rings (SSSR count). The number of para-hydroxylation sites is 2. The number of hydrogen-bond donors (Lipinski definition) is 0. The third kappa shape index (κ3) is 5.36. The molecule has 0 fully saturated rings. The monoisotopic (exact) mass is 862 g/mol. The molecule has 0 saturated carbocycles. The lowest BCUT2D eigenvalue weighted by Gasteiger charge is -2.22. The summed E-state index contributed by atoms with van der Waals surface area (Å²) in [5, 5.41) is 7.01. The van der Waals surface area contributed by atoms with Crippen molar-refractivity contribution in [2.24, 2.45) is 0 Å². The normalized spacial score (nSPS) is 13.1. The highest BCUT2D eigenvalue weighted by atomic mass is 32.1. The number of nitrogens with zero attached hydrogens (tertiary/aromatic N) is 4. The average Bonchev–Trinajstić information content (AvgIpc) is 4.10. The summed E-state index contributed by atoms with van der Waals surface area (Å²) in [6.45, 7) is 4.74. The molecule has 9 aromatic carbocycles. The fourth-order valence-electron chi connectivity index (χ4n) is 10.9. The van der Waals surface area contributed by atoms with Crippen molar-refractivity contribution in [3.8, 4) is 62.1 Å². The van der Waals surface area contributed by atoms with Gasteiger partial charge in [0.1, 0.15) is 11.2 Å². The molecular weight excluding hydrogens is 825 g/mol. The fourth-order valence-corrected chi connectivity index (χ4v) is 12.0. The van der Waals surface area contributed by atoms with Gasteiger partial charge in [-0.15, -0.1) is 11.3 Å². The van der Waals surface area contributed by atoms with Gasteiger partial charge in [0.15, 0.2) is 17.5 Å². The van der Waals surface area contributed by atoms with E-state index in [1.807, 2.05) is 6.07 Å². The summed E-state index contributed by atoms with van der Waals surface area (Å²) in [5.74, 6) is 1.80. The minimum Gasteiger partial charge on any atom is -0.455 e. The SMILES string of the molecule is CC1(C)c2ccccc2-c2ccc3c(c21)c1ccccc1n3-c1cccc(-c2nc(-c3ccc4c(c3)oc3c(-c5ccccc5)cccc34)nc(-c3cccc4sc5ccccc5c34)n2)c1. The first-order valence-electron chi connectivity index (χ1n) is 22.4. The maximum Gasteiger partial charge on any atom is 0.164 e. The summed E-state index contributed by atoms with van der Waals surface area (Å²) in [4.78, 5) is 16.0. The minimum absolute atomic E-state index is 0.161. The van der Waals surface area contributed by atoms with Crippen molar-refractivity contribution in [2.75, 3.05) is 0 Å². The van der Waals surface area contributed by atoms with Crippen molar-refractivity contribution in [3.05, 3.63) is 205 Å². The number of hydrogen-bond acceptors (Lipinski definition) is 5. The van der Waals surface area contributed by atoms with E-state index in [-0.39, 0.29) is 5.41 Å². The summed E-state index contributed by atoms with van der Waals surface area (Å²) in [6, 6.07) is 69.2. The van der Waals surface area contributed by atoms with Gasteiger partial charge in [0, 0.05) is 75.1 Å². The zero-order valence-electron chi connectivity index (χ0n) is 36.1. The van der Waals surface area contributed by atoms with Gasteiger partial charge in [0.05, 0.1) is 11.0 Å². The van der Waals surface area contributed by atoms with Crippen LogP contribution in [0.15, 0.2) is 199 Å². The molecule has 5 nitrogen and oxygen atoms in total. The first-order chi connectivity index (χ1) is 32.5. The number of aromatic nitrogens is 4. The topological polar surface area (TPSA) is 56.7 Å². The first-order valence-corrected chi connectivity index (χ1v) is 23.2. The lowest BCUT2D eigenvalue weighted by molar-refractivity contribution is 0.666. The Hall–Kier alpha value is -8.19. The molecule has 0 amide bonds. The highest BCUT2D eigenvalue weighted by molar-refractivity contribution is 7.25. The number of benzene rings is 9. The highest BCUT2D eigenvalue weighted by Gasteiger charge is 2.38. The smallest absolute Gasteiger partial charge is 0.164 e. The largest absolute Gasteiger partial charge is 0.455 e. The Balaban J connectivity index is 0.976. The molecule has 0 N–H and O–H groups in total. The molecule has 6 heteroatoms. The van der Waals surface area contributed by atoms with Crippen molar-refractivity contribution < 1.29 is 4.42 Å². The number of furan rings is 1. The van der Waals surface area contributed by atoms with E-state index < -0.39 is 0 Å². The second-order valence-corrected chi connectivity index (χ2v) is 19.0. The van der Waals surface area contributed by atoms with E-state index in [2.05, 4.69) is 206 Å². The standard InChI is InChI=1S/C60H38N4OS/c1-60(2)47-25-9-6-19-40(47)42-31-32-49-54(55(42)60)44-20-7-10-26-48(44)64(49)38-18-12-17-36(33-38)57-61-58(63-59(62-57)46-24-14-28-52-53(46)45-21-8-11-27-51(45)66-52)37-29-30-41-43-23-13-22-39(35-15-4-3-5-16-35)56(43)65-50(41)34-37/h3-34H,1-2H3. The van der Waals surface area contributed by atoms with E-state index in [9.17, 15) is 0 Å². The Morgan fingerprint density at radius 3 is 2.00 bits per heavy atom. The lowest BCUT2D eigenvalue weighted by atomic mass is 9.80. The van der Waals surface area contributed by atoms with Crippen LogP contribution in [0.3, 0.4) is 0 Å². The fraction of sp³-hybridized carbons (Fsp3) is 0.0500. The molecule has 1 aliphatic carbocycles. The molecule has 0 radical (unpaired) electrons. The molecule has 0 aliphatic heterocycles. The van der Waals surface area contributed by atoms with Crippen LogP contribution in [0.25, 0.3) is 126 Å². The maximum absolute atomic E-state index is 6.74. The van der Waals surface area contributed by atoms with Crippen LogP contribution in [0.2, 0.25) is 0 Å². The molecule has 4 heterocycles. The minimum atomic E-state index is -0.161.